The van der Waals surface area contributed by atoms with Crippen LogP contribution in [0, 0.1) is 0 Å². The van der Waals surface area contributed by atoms with Gasteiger partial charge in [0.1, 0.15) is 10.7 Å². The molecule has 0 amide bonds. The molecule has 5 heteroatoms. The zero-order chi connectivity index (χ0) is 15.8. The third kappa shape index (κ3) is 5.64. The molecule has 2 aliphatic carbocycles. The standard InChI is InChI=1S/C17H30INO3/c1-21-15-10-6-7-11-16(15)22-17(20)12-19(13-18)14-8-4-2-3-5-9-14/h14-16H,2-13H2,1H3/p+1/t15-,16+/m0/s1. The summed E-state index contributed by atoms with van der Waals surface area (Å²) in [6.45, 7) is 0.514. The Morgan fingerprint density at radius 1 is 1.00 bits per heavy atom. The highest BCUT2D eigenvalue weighted by atomic mass is 127. The molecular weight excluding hydrogens is 393 g/mol. The molecule has 2 fully saturated rings. The van der Waals surface area contributed by atoms with Crippen LogP contribution in [0.3, 0.4) is 0 Å². The van der Waals surface area contributed by atoms with Crippen molar-refractivity contribution in [1.82, 2.24) is 0 Å². The van der Waals surface area contributed by atoms with Crippen LogP contribution in [0.1, 0.15) is 64.2 Å². The van der Waals surface area contributed by atoms with Crippen molar-refractivity contribution in [3.8, 4) is 0 Å². The number of carbonyl (C=O) groups excluding carboxylic acids is 1. The number of methoxy groups -OCH3 is 1. The first-order valence-electron chi connectivity index (χ1n) is 8.87. The number of rotatable bonds is 6. The Morgan fingerprint density at radius 3 is 2.18 bits per heavy atom. The maximum atomic E-state index is 12.4. The van der Waals surface area contributed by atoms with Gasteiger partial charge >= 0.3 is 5.97 Å². The maximum Gasteiger partial charge on any atom is 0.362 e. The number of quaternary nitrogens is 1. The minimum Gasteiger partial charge on any atom is -0.455 e. The van der Waals surface area contributed by atoms with Gasteiger partial charge in [-0.05, 0) is 67.5 Å². The molecule has 0 spiro atoms. The van der Waals surface area contributed by atoms with Gasteiger partial charge in [-0.3, -0.25) is 0 Å². The molecule has 0 radical (unpaired) electrons. The van der Waals surface area contributed by atoms with Gasteiger partial charge in [-0.2, -0.15) is 0 Å². The van der Waals surface area contributed by atoms with E-state index < -0.39 is 0 Å². The summed E-state index contributed by atoms with van der Waals surface area (Å²) in [7, 11) is 1.73. The summed E-state index contributed by atoms with van der Waals surface area (Å²) >= 11 is 2.41. The zero-order valence-electron chi connectivity index (χ0n) is 13.8. The lowest BCUT2D eigenvalue weighted by molar-refractivity contribution is -0.903. The second-order valence-electron chi connectivity index (χ2n) is 6.74. The summed E-state index contributed by atoms with van der Waals surface area (Å²) in [6.07, 6.45) is 12.2. The van der Waals surface area contributed by atoms with Crippen LogP contribution in [0.2, 0.25) is 0 Å². The fourth-order valence-corrected chi connectivity index (χ4v) is 4.74. The molecule has 1 N–H and O–H groups in total. The van der Waals surface area contributed by atoms with Gasteiger partial charge in [0.25, 0.3) is 0 Å². The van der Waals surface area contributed by atoms with Crippen molar-refractivity contribution >= 4 is 28.6 Å². The van der Waals surface area contributed by atoms with E-state index in [-0.39, 0.29) is 18.2 Å². The average molecular weight is 424 g/mol. The van der Waals surface area contributed by atoms with E-state index in [1.165, 1.54) is 49.8 Å². The normalized spacial score (nSPS) is 28.8. The molecule has 0 aromatic rings. The third-order valence-electron chi connectivity index (χ3n) is 5.20. The van der Waals surface area contributed by atoms with Crippen LogP contribution in [0.25, 0.3) is 0 Å². The molecule has 0 bridgehead atoms. The second-order valence-corrected chi connectivity index (χ2v) is 7.51. The number of ether oxygens (including phenoxy) is 2. The van der Waals surface area contributed by atoms with Crippen molar-refractivity contribution in [2.45, 2.75) is 82.5 Å². The Labute approximate surface area is 148 Å². The molecule has 3 atom stereocenters. The Hall–Kier alpha value is 0.120. The Bertz CT molecular complexity index is 332. The first-order chi connectivity index (χ1) is 10.7. The van der Waals surface area contributed by atoms with Crippen molar-refractivity contribution in [2.75, 3.05) is 18.2 Å². The van der Waals surface area contributed by atoms with E-state index in [9.17, 15) is 4.79 Å². The molecular formula is C17H31INO3+. The summed E-state index contributed by atoms with van der Waals surface area (Å²) in [5.74, 6) is -0.0372. The SMILES string of the molecule is CO[C@H]1CCCC[C@H]1OC(=O)C[NH+](CI)C1CCCCCC1. The summed E-state index contributed by atoms with van der Waals surface area (Å²) < 4.78 is 12.2. The highest BCUT2D eigenvalue weighted by Gasteiger charge is 2.31. The molecule has 0 aliphatic heterocycles. The van der Waals surface area contributed by atoms with Gasteiger partial charge in [0, 0.05) is 7.11 Å². The van der Waals surface area contributed by atoms with Crippen molar-refractivity contribution in [3.05, 3.63) is 0 Å². The number of carbonyl (C=O) groups is 1. The van der Waals surface area contributed by atoms with E-state index in [4.69, 9.17) is 9.47 Å². The molecule has 2 rings (SSSR count). The minimum absolute atomic E-state index is 0.0316. The van der Waals surface area contributed by atoms with Gasteiger partial charge in [0.05, 0.1) is 12.1 Å². The number of hydrogen-bond donors (Lipinski definition) is 1. The topological polar surface area (TPSA) is 40.0 Å². The highest BCUT2D eigenvalue weighted by Crippen LogP contribution is 2.23. The number of hydrogen-bond acceptors (Lipinski definition) is 3. The highest BCUT2D eigenvalue weighted by molar-refractivity contribution is 14.1. The van der Waals surface area contributed by atoms with Crippen LogP contribution in [0.4, 0.5) is 0 Å². The van der Waals surface area contributed by atoms with Gasteiger partial charge in [0.2, 0.25) is 0 Å². The summed E-state index contributed by atoms with van der Waals surface area (Å²) in [4.78, 5) is 13.8. The van der Waals surface area contributed by atoms with Crippen LogP contribution in [-0.2, 0) is 14.3 Å². The van der Waals surface area contributed by atoms with Crippen molar-refractivity contribution < 1.29 is 19.2 Å². The summed E-state index contributed by atoms with van der Waals surface area (Å²) in [5, 5.41) is 0. The van der Waals surface area contributed by atoms with Gasteiger partial charge in [-0.1, -0.05) is 19.3 Å². The molecule has 0 aromatic carbocycles. The quantitative estimate of drug-likeness (QED) is 0.234. The van der Waals surface area contributed by atoms with Crippen molar-refractivity contribution in [3.63, 3.8) is 0 Å². The molecule has 22 heavy (non-hydrogen) atoms. The van der Waals surface area contributed by atoms with E-state index in [0.717, 1.165) is 23.8 Å². The van der Waals surface area contributed by atoms with Crippen LogP contribution < -0.4 is 4.90 Å². The molecule has 0 aromatic heterocycles. The van der Waals surface area contributed by atoms with Gasteiger partial charge in [-0.25, -0.2) is 4.79 Å². The fourth-order valence-electron chi connectivity index (χ4n) is 3.85. The lowest BCUT2D eigenvalue weighted by Gasteiger charge is -2.31. The van der Waals surface area contributed by atoms with Crippen LogP contribution in [-0.4, -0.2) is 42.4 Å². The van der Waals surface area contributed by atoms with E-state index in [1.54, 1.807) is 7.11 Å². The fraction of sp³-hybridized carbons (Fsp3) is 0.941. The molecule has 0 heterocycles. The lowest BCUT2D eigenvalue weighted by Crippen LogP contribution is -3.15. The average Bonchev–Trinajstić information content (AvgIpc) is 2.82. The minimum atomic E-state index is -0.0372. The smallest absolute Gasteiger partial charge is 0.362 e. The van der Waals surface area contributed by atoms with E-state index in [1.807, 2.05) is 0 Å². The first kappa shape index (κ1) is 18.5. The van der Waals surface area contributed by atoms with Gasteiger partial charge in [0.15, 0.2) is 6.54 Å². The second kappa shape index (κ2) is 10.1. The van der Waals surface area contributed by atoms with Crippen LogP contribution in [0.5, 0.6) is 0 Å². The van der Waals surface area contributed by atoms with E-state index in [2.05, 4.69) is 22.6 Å². The van der Waals surface area contributed by atoms with Gasteiger partial charge < -0.3 is 14.4 Å². The Kier molecular flexibility index (Phi) is 8.46. The van der Waals surface area contributed by atoms with Crippen LogP contribution >= 0.6 is 22.6 Å². The van der Waals surface area contributed by atoms with Crippen LogP contribution in [0.15, 0.2) is 0 Å². The molecule has 2 saturated carbocycles. The largest absolute Gasteiger partial charge is 0.455 e. The maximum absolute atomic E-state index is 12.4. The first-order valence-corrected chi connectivity index (χ1v) is 10.4. The molecule has 0 saturated heterocycles. The van der Waals surface area contributed by atoms with Gasteiger partial charge in [-0.15, -0.1) is 0 Å². The summed E-state index contributed by atoms with van der Waals surface area (Å²) in [6, 6.07) is 0.636. The molecule has 1 unspecified atom stereocenters. The lowest BCUT2D eigenvalue weighted by atomic mass is 9.94. The van der Waals surface area contributed by atoms with Crippen molar-refractivity contribution in [1.29, 1.82) is 0 Å². The number of alkyl halides is 1. The van der Waals surface area contributed by atoms with E-state index in [0.29, 0.717) is 12.6 Å². The predicted octanol–water partition coefficient (Wildman–Crippen LogP) is 2.49. The van der Waals surface area contributed by atoms with E-state index >= 15 is 0 Å². The molecule has 4 nitrogen and oxygen atoms in total. The number of halogens is 1. The molecule has 2 aliphatic rings. The summed E-state index contributed by atoms with van der Waals surface area (Å²) in [5.41, 5.74) is 0. The number of nitrogens with one attached hydrogen (secondary N) is 1. The monoisotopic (exact) mass is 424 g/mol. The third-order valence-corrected chi connectivity index (χ3v) is 6.18. The Morgan fingerprint density at radius 2 is 1.59 bits per heavy atom. The Balaban J connectivity index is 1.82. The zero-order valence-corrected chi connectivity index (χ0v) is 16.0. The predicted molar refractivity (Wildman–Crippen MR) is 95.4 cm³/mol. The number of esters is 1. The molecule has 128 valence electrons. The van der Waals surface area contributed by atoms with Crippen molar-refractivity contribution in [2.24, 2.45) is 0 Å².